The van der Waals surface area contributed by atoms with Crippen LogP contribution in [0.2, 0.25) is 5.02 Å². The topological polar surface area (TPSA) is 117 Å². The van der Waals surface area contributed by atoms with Crippen molar-refractivity contribution in [3.63, 3.8) is 0 Å². The van der Waals surface area contributed by atoms with E-state index in [1.165, 1.54) is 32.4 Å². The Morgan fingerprint density at radius 3 is 2.52 bits per heavy atom. The highest BCUT2D eigenvalue weighted by molar-refractivity contribution is 9.12. The number of hydrogen-bond acceptors (Lipinski definition) is 8. The molecule has 0 spiro atoms. The average Bonchev–Trinajstić information content (AvgIpc) is 3.24. The fourth-order valence-corrected chi connectivity index (χ4v) is 7.32. The molecule has 1 aliphatic heterocycles. The highest BCUT2D eigenvalue weighted by atomic mass is 79.9. The molecule has 4 unspecified atom stereocenters. The van der Waals surface area contributed by atoms with Crippen molar-refractivity contribution in [1.82, 2.24) is 9.99 Å². The highest BCUT2D eigenvalue weighted by Crippen LogP contribution is 2.56. The van der Waals surface area contributed by atoms with E-state index in [2.05, 4.69) is 20.9 Å². The quantitative estimate of drug-likeness (QED) is 0.262. The van der Waals surface area contributed by atoms with Crippen LogP contribution in [-0.2, 0) is 25.4 Å². The number of carbonyl (C=O) groups is 4. The zero-order valence-electron chi connectivity index (χ0n) is 23.0. The lowest BCUT2D eigenvalue weighted by atomic mass is 9.59. The Balaban J connectivity index is 1.45. The van der Waals surface area contributed by atoms with Gasteiger partial charge in [0.25, 0.3) is 11.8 Å². The fraction of sp³-hybridized carbons (Fsp3) is 0.300. The van der Waals surface area contributed by atoms with E-state index >= 15 is 0 Å². The summed E-state index contributed by atoms with van der Waals surface area (Å²) < 4.78 is 45.7. The van der Waals surface area contributed by atoms with Gasteiger partial charge < -0.3 is 9.84 Å². The second kappa shape index (κ2) is 10.6. The molecular formula is C30H22BrClF3N3O6. The molecule has 2 heterocycles. The van der Waals surface area contributed by atoms with Crippen LogP contribution in [0.1, 0.15) is 30.0 Å². The number of phenolic OH excluding ortho intramolecular Hbond substituents is 1. The molecule has 228 valence electrons. The molecule has 0 bridgehead atoms. The number of methoxy groups -OCH3 is 1. The second-order valence-corrected chi connectivity index (χ2v) is 12.1. The molecule has 1 fully saturated rings. The van der Waals surface area contributed by atoms with Crippen LogP contribution in [0, 0.1) is 17.8 Å². The summed E-state index contributed by atoms with van der Waals surface area (Å²) in [5.74, 6) is -6.11. The number of aromatic hydroxyl groups is 1. The zero-order valence-corrected chi connectivity index (χ0v) is 25.3. The van der Waals surface area contributed by atoms with Gasteiger partial charge in [-0.2, -0.15) is 18.2 Å². The first kappa shape index (κ1) is 30.1. The SMILES string of the molecule is COc1ccc(O)c(C2C3=CCC4C(=O)N(N(C)c5nc(C(F)(F)F)ccc5Cl)C(=O)C4C3CC3=C2C(=O)C=C(Br)C3=O)c1. The van der Waals surface area contributed by atoms with E-state index in [0.717, 1.165) is 16.1 Å². The standard InChI is InChI=1S/C30H22BrClF3N3O6/c1-37(27-19(32)6-8-22(36-27)30(33,34)35)38-28(42)14-5-4-13-15(24(14)29(38)43)10-17-25(21(40)11-18(31)26(17)41)23(13)16-9-12(44-2)3-7-20(16)39/h3-4,6-9,11,14-15,23-24,39H,5,10H2,1-2H3. The van der Waals surface area contributed by atoms with Crippen LogP contribution in [0.15, 0.2) is 63.7 Å². The summed E-state index contributed by atoms with van der Waals surface area (Å²) in [6, 6.07) is 6.16. The van der Waals surface area contributed by atoms with E-state index in [-0.39, 0.29) is 44.8 Å². The van der Waals surface area contributed by atoms with Crippen molar-refractivity contribution in [3.8, 4) is 11.5 Å². The number of rotatable bonds is 4. The molecule has 0 saturated carbocycles. The molecule has 1 N–H and O–H groups in total. The van der Waals surface area contributed by atoms with Gasteiger partial charge in [-0.15, -0.1) is 0 Å². The number of ketones is 2. The van der Waals surface area contributed by atoms with E-state index in [0.29, 0.717) is 17.4 Å². The largest absolute Gasteiger partial charge is 0.508 e. The molecule has 2 amide bonds. The van der Waals surface area contributed by atoms with Crippen LogP contribution in [0.25, 0.3) is 0 Å². The Labute approximate surface area is 261 Å². The van der Waals surface area contributed by atoms with Gasteiger partial charge >= 0.3 is 6.18 Å². The molecule has 6 rings (SSSR count). The molecule has 9 nitrogen and oxygen atoms in total. The molecule has 14 heteroatoms. The van der Waals surface area contributed by atoms with Crippen LogP contribution in [0.5, 0.6) is 11.5 Å². The minimum Gasteiger partial charge on any atom is -0.508 e. The Morgan fingerprint density at radius 2 is 1.84 bits per heavy atom. The van der Waals surface area contributed by atoms with E-state index in [9.17, 15) is 37.5 Å². The highest BCUT2D eigenvalue weighted by Gasteiger charge is 2.58. The number of fused-ring (bicyclic) bond motifs is 3. The predicted octanol–water partition coefficient (Wildman–Crippen LogP) is 5.28. The number of pyridine rings is 1. The van der Waals surface area contributed by atoms with Crippen molar-refractivity contribution in [3.05, 3.63) is 80.0 Å². The molecule has 0 radical (unpaired) electrons. The molecule has 1 aromatic heterocycles. The Hall–Kier alpha value is -3.97. The normalized spacial score (nSPS) is 24.9. The van der Waals surface area contributed by atoms with Crippen molar-refractivity contribution in [1.29, 1.82) is 0 Å². The predicted molar refractivity (Wildman–Crippen MR) is 154 cm³/mol. The summed E-state index contributed by atoms with van der Waals surface area (Å²) in [5, 5.41) is 12.4. The first-order valence-corrected chi connectivity index (χ1v) is 14.5. The summed E-state index contributed by atoms with van der Waals surface area (Å²) in [5.41, 5.74) is -0.0926. The maximum absolute atomic E-state index is 14.1. The van der Waals surface area contributed by atoms with Gasteiger partial charge in [-0.25, -0.2) is 4.98 Å². The fourth-order valence-electron chi connectivity index (χ4n) is 6.64. The first-order chi connectivity index (χ1) is 20.7. The number of halogens is 5. The third-order valence-electron chi connectivity index (χ3n) is 8.58. The number of allylic oxidation sites excluding steroid dienone is 6. The van der Waals surface area contributed by atoms with Gasteiger partial charge in [-0.3, -0.25) is 24.2 Å². The molecular weight excluding hydrogens is 671 g/mol. The third kappa shape index (κ3) is 4.55. The first-order valence-electron chi connectivity index (χ1n) is 13.4. The van der Waals surface area contributed by atoms with Gasteiger partial charge in [0.1, 0.15) is 17.2 Å². The monoisotopic (exact) mass is 691 g/mol. The number of anilines is 1. The van der Waals surface area contributed by atoms with Gasteiger partial charge in [0, 0.05) is 35.8 Å². The molecule has 1 aromatic carbocycles. The van der Waals surface area contributed by atoms with Crippen molar-refractivity contribution in [2.45, 2.75) is 24.9 Å². The Bertz CT molecular complexity index is 1770. The summed E-state index contributed by atoms with van der Waals surface area (Å²) in [6.45, 7) is 0. The van der Waals surface area contributed by atoms with E-state index in [1.54, 1.807) is 12.1 Å². The van der Waals surface area contributed by atoms with Gasteiger partial charge in [0.2, 0.25) is 0 Å². The Morgan fingerprint density at radius 1 is 1.11 bits per heavy atom. The van der Waals surface area contributed by atoms with E-state index in [1.807, 2.05) is 0 Å². The van der Waals surface area contributed by atoms with Gasteiger partial charge in [-0.05, 0) is 65.0 Å². The molecule has 3 aliphatic carbocycles. The van der Waals surface area contributed by atoms with Gasteiger partial charge in [0.05, 0.1) is 28.5 Å². The van der Waals surface area contributed by atoms with Crippen LogP contribution in [-0.4, -0.2) is 52.6 Å². The minimum absolute atomic E-state index is 0.0371. The van der Waals surface area contributed by atoms with Crippen molar-refractivity contribution in [2.75, 3.05) is 19.2 Å². The zero-order chi connectivity index (χ0) is 31.8. The number of imide groups is 1. The summed E-state index contributed by atoms with van der Waals surface area (Å²) in [6.07, 6.45) is -1.86. The lowest BCUT2D eigenvalue weighted by molar-refractivity contribution is -0.141. The third-order valence-corrected chi connectivity index (χ3v) is 9.46. The van der Waals surface area contributed by atoms with Crippen LogP contribution < -0.4 is 9.75 Å². The number of carbonyl (C=O) groups excluding carboxylic acids is 4. The number of benzene rings is 1. The number of amides is 2. The number of alkyl halides is 3. The minimum atomic E-state index is -4.80. The lowest BCUT2D eigenvalue weighted by Crippen LogP contribution is -2.46. The summed E-state index contributed by atoms with van der Waals surface area (Å²) >= 11 is 9.33. The number of hydrazine groups is 1. The smallest absolute Gasteiger partial charge is 0.433 e. The van der Waals surface area contributed by atoms with Crippen LogP contribution in [0.4, 0.5) is 19.0 Å². The van der Waals surface area contributed by atoms with Crippen molar-refractivity contribution < 1.29 is 42.2 Å². The summed E-state index contributed by atoms with van der Waals surface area (Å²) in [7, 11) is 2.66. The van der Waals surface area contributed by atoms with Crippen molar-refractivity contribution >= 4 is 56.7 Å². The maximum Gasteiger partial charge on any atom is 0.433 e. The number of hydrogen-bond donors (Lipinski definition) is 1. The molecule has 1 saturated heterocycles. The molecule has 2 aromatic rings. The lowest BCUT2D eigenvalue weighted by Gasteiger charge is -2.42. The molecule has 44 heavy (non-hydrogen) atoms. The average molecular weight is 693 g/mol. The summed E-state index contributed by atoms with van der Waals surface area (Å²) in [4.78, 5) is 58.2. The maximum atomic E-state index is 14.1. The Kier molecular flexibility index (Phi) is 7.23. The van der Waals surface area contributed by atoms with Crippen molar-refractivity contribution in [2.24, 2.45) is 17.8 Å². The number of ether oxygens (including phenoxy) is 1. The molecule has 4 aliphatic rings. The van der Waals surface area contributed by atoms with Gasteiger partial charge in [-0.1, -0.05) is 23.3 Å². The van der Waals surface area contributed by atoms with Gasteiger partial charge in [0.15, 0.2) is 17.4 Å². The number of phenols is 1. The number of Topliss-reactive ketones (excluding diaryl/α,β-unsaturated/α-hetero) is 1. The second-order valence-electron chi connectivity index (χ2n) is 10.8. The number of nitrogens with zero attached hydrogens (tertiary/aromatic N) is 3. The van der Waals surface area contributed by atoms with Crippen LogP contribution >= 0.6 is 27.5 Å². The molecule has 4 atom stereocenters. The van der Waals surface area contributed by atoms with E-state index < -0.39 is 64.7 Å². The van der Waals surface area contributed by atoms with Crippen LogP contribution in [0.3, 0.4) is 0 Å². The number of aromatic nitrogens is 1. The van der Waals surface area contributed by atoms with E-state index in [4.69, 9.17) is 16.3 Å².